The van der Waals surface area contributed by atoms with Crippen molar-refractivity contribution in [2.45, 2.75) is 58.2 Å². The van der Waals surface area contributed by atoms with Gasteiger partial charge in [0.15, 0.2) is 0 Å². The molecule has 0 aliphatic heterocycles. The standard InChI is InChI=1S/C13H26O3/c1-10(2)13(16-9-12(15)8-14)6-4-5-11(3)7-13/h10-12,14-15H,4-9H2,1-3H3/t11?,12-,13?/m0/s1. The molecular formula is C13H26O3. The molecule has 96 valence electrons. The van der Waals surface area contributed by atoms with Crippen LogP contribution >= 0.6 is 0 Å². The minimum atomic E-state index is -0.743. The second kappa shape index (κ2) is 5.99. The Morgan fingerprint density at radius 3 is 2.62 bits per heavy atom. The highest BCUT2D eigenvalue weighted by Crippen LogP contribution is 2.40. The first-order valence-electron chi connectivity index (χ1n) is 6.43. The first kappa shape index (κ1) is 13.9. The Kier molecular flexibility index (Phi) is 5.22. The Morgan fingerprint density at radius 2 is 2.12 bits per heavy atom. The van der Waals surface area contributed by atoms with Crippen LogP contribution < -0.4 is 0 Å². The van der Waals surface area contributed by atoms with Gasteiger partial charge in [-0.2, -0.15) is 0 Å². The van der Waals surface area contributed by atoms with Crippen molar-refractivity contribution in [1.82, 2.24) is 0 Å². The fourth-order valence-electron chi connectivity index (χ4n) is 2.68. The summed E-state index contributed by atoms with van der Waals surface area (Å²) >= 11 is 0. The Morgan fingerprint density at radius 1 is 1.44 bits per heavy atom. The summed E-state index contributed by atoms with van der Waals surface area (Å²) in [5.41, 5.74) is -0.0895. The first-order valence-corrected chi connectivity index (χ1v) is 6.43. The van der Waals surface area contributed by atoms with Gasteiger partial charge in [-0.15, -0.1) is 0 Å². The molecule has 0 aromatic carbocycles. The van der Waals surface area contributed by atoms with Gasteiger partial charge in [-0.25, -0.2) is 0 Å². The summed E-state index contributed by atoms with van der Waals surface area (Å²) in [6.07, 6.45) is 3.89. The van der Waals surface area contributed by atoms with Crippen LogP contribution in [0.3, 0.4) is 0 Å². The molecule has 1 aliphatic rings. The first-order chi connectivity index (χ1) is 7.50. The van der Waals surface area contributed by atoms with Crippen LogP contribution in [0.5, 0.6) is 0 Å². The molecule has 3 heteroatoms. The lowest BCUT2D eigenvalue weighted by Gasteiger charge is -2.43. The molecule has 0 amide bonds. The van der Waals surface area contributed by atoms with Gasteiger partial charge in [-0.05, 0) is 24.7 Å². The van der Waals surface area contributed by atoms with E-state index in [0.717, 1.165) is 12.8 Å². The van der Waals surface area contributed by atoms with Gasteiger partial charge >= 0.3 is 0 Å². The molecule has 0 saturated heterocycles. The van der Waals surface area contributed by atoms with Gasteiger partial charge in [0.2, 0.25) is 0 Å². The minimum Gasteiger partial charge on any atom is -0.394 e. The summed E-state index contributed by atoms with van der Waals surface area (Å²) in [7, 11) is 0. The van der Waals surface area contributed by atoms with Crippen molar-refractivity contribution in [2.24, 2.45) is 11.8 Å². The molecule has 16 heavy (non-hydrogen) atoms. The quantitative estimate of drug-likeness (QED) is 0.759. The van der Waals surface area contributed by atoms with E-state index in [1.165, 1.54) is 12.8 Å². The molecule has 1 aliphatic carbocycles. The summed E-state index contributed by atoms with van der Waals surface area (Å²) in [5.74, 6) is 1.16. The third-order valence-corrected chi connectivity index (χ3v) is 3.82. The number of ether oxygens (including phenoxy) is 1. The van der Waals surface area contributed by atoms with Crippen molar-refractivity contribution in [3.63, 3.8) is 0 Å². The average molecular weight is 230 g/mol. The number of rotatable bonds is 5. The van der Waals surface area contributed by atoms with Gasteiger partial charge in [0, 0.05) is 0 Å². The molecule has 0 radical (unpaired) electrons. The van der Waals surface area contributed by atoms with Crippen LogP contribution in [-0.2, 0) is 4.74 Å². The van der Waals surface area contributed by atoms with Crippen LogP contribution in [0.4, 0.5) is 0 Å². The van der Waals surface area contributed by atoms with E-state index in [9.17, 15) is 5.11 Å². The van der Waals surface area contributed by atoms with Crippen LogP contribution in [0.1, 0.15) is 46.5 Å². The molecule has 3 atom stereocenters. The van der Waals surface area contributed by atoms with Gasteiger partial charge in [-0.3, -0.25) is 0 Å². The lowest BCUT2D eigenvalue weighted by atomic mass is 9.73. The smallest absolute Gasteiger partial charge is 0.100 e. The zero-order chi connectivity index (χ0) is 12.2. The lowest BCUT2D eigenvalue weighted by molar-refractivity contribution is -0.137. The van der Waals surface area contributed by atoms with Crippen molar-refractivity contribution in [1.29, 1.82) is 0 Å². The zero-order valence-electron chi connectivity index (χ0n) is 10.8. The van der Waals surface area contributed by atoms with Crippen LogP contribution in [0, 0.1) is 11.8 Å². The summed E-state index contributed by atoms with van der Waals surface area (Å²) < 4.78 is 5.95. The maximum Gasteiger partial charge on any atom is 0.100 e. The summed E-state index contributed by atoms with van der Waals surface area (Å²) in [6.45, 7) is 6.67. The minimum absolute atomic E-state index is 0.0895. The van der Waals surface area contributed by atoms with Gasteiger partial charge in [0.1, 0.15) is 6.10 Å². The van der Waals surface area contributed by atoms with Gasteiger partial charge < -0.3 is 14.9 Å². The number of hydrogen-bond acceptors (Lipinski definition) is 3. The Bertz CT molecular complexity index is 205. The van der Waals surface area contributed by atoms with Crippen LogP contribution in [0.15, 0.2) is 0 Å². The van der Waals surface area contributed by atoms with E-state index in [1.54, 1.807) is 0 Å². The van der Waals surface area contributed by atoms with Gasteiger partial charge in [0.25, 0.3) is 0 Å². The third-order valence-electron chi connectivity index (χ3n) is 3.82. The lowest BCUT2D eigenvalue weighted by Crippen LogP contribution is -2.44. The van der Waals surface area contributed by atoms with Crippen LogP contribution in [-0.4, -0.2) is 35.1 Å². The predicted octanol–water partition coefficient (Wildman–Crippen LogP) is 1.96. The fraction of sp³-hybridized carbons (Fsp3) is 1.00. The topological polar surface area (TPSA) is 49.7 Å². The number of aliphatic hydroxyl groups is 2. The summed E-state index contributed by atoms with van der Waals surface area (Å²) in [5, 5.41) is 18.2. The number of hydrogen-bond donors (Lipinski definition) is 2. The van der Waals surface area contributed by atoms with E-state index in [-0.39, 0.29) is 18.8 Å². The molecule has 2 unspecified atom stereocenters. The molecular weight excluding hydrogens is 204 g/mol. The van der Waals surface area contributed by atoms with Crippen molar-refractivity contribution >= 4 is 0 Å². The normalized spacial score (nSPS) is 33.0. The van der Waals surface area contributed by atoms with E-state index in [1.807, 2.05) is 0 Å². The molecule has 0 heterocycles. The average Bonchev–Trinajstić information content (AvgIpc) is 2.25. The maximum absolute atomic E-state index is 9.38. The Hall–Kier alpha value is -0.120. The van der Waals surface area contributed by atoms with Crippen molar-refractivity contribution in [3.8, 4) is 0 Å². The predicted molar refractivity (Wildman–Crippen MR) is 64.2 cm³/mol. The largest absolute Gasteiger partial charge is 0.394 e. The van der Waals surface area contributed by atoms with Crippen LogP contribution in [0.25, 0.3) is 0 Å². The molecule has 1 rings (SSSR count). The highest BCUT2D eigenvalue weighted by atomic mass is 16.5. The van der Waals surface area contributed by atoms with Gasteiger partial charge in [0.05, 0.1) is 18.8 Å². The van der Waals surface area contributed by atoms with Crippen LogP contribution in [0.2, 0.25) is 0 Å². The molecule has 0 bridgehead atoms. The van der Waals surface area contributed by atoms with E-state index >= 15 is 0 Å². The number of aliphatic hydroxyl groups excluding tert-OH is 2. The molecule has 0 aromatic heterocycles. The SMILES string of the molecule is CC1CCCC(OC[C@@H](O)CO)(C(C)C)C1. The second-order valence-electron chi connectivity index (χ2n) is 5.57. The Labute approximate surface area is 98.8 Å². The molecule has 0 aromatic rings. The van der Waals surface area contributed by atoms with Crippen molar-refractivity contribution in [2.75, 3.05) is 13.2 Å². The van der Waals surface area contributed by atoms with E-state index < -0.39 is 6.10 Å². The van der Waals surface area contributed by atoms with Crippen molar-refractivity contribution < 1.29 is 14.9 Å². The van der Waals surface area contributed by atoms with Gasteiger partial charge in [-0.1, -0.05) is 33.6 Å². The highest BCUT2D eigenvalue weighted by Gasteiger charge is 2.38. The van der Waals surface area contributed by atoms with E-state index in [0.29, 0.717) is 11.8 Å². The summed E-state index contributed by atoms with van der Waals surface area (Å²) in [6, 6.07) is 0. The monoisotopic (exact) mass is 230 g/mol. The zero-order valence-corrected chi connectivity index (χ0v) is 10.8. The second-order valence-corrected chi connectivity index (χ2v) is 5.57. The maximum atomic E-state index is 9.38. The van der Waals surface area contributed by atoms with E-state index in [2.05, 4.69) is 20.8 Å². The van der Waals surface area contributed by atoms with Crippen molar-refractivity contribution in [3.05, 3.63) is 0 Å². The molecule has 1 saturated carbocycles. The molecule has 0 spiro atoms. The highest BCUT2D eigenvalue weighted by molar-refractivity contribution is 4.90. The molecule has 1 fully saturated rings. The third kappa shape index (κ3) is 3.44. The Balaban J connectivity index is 2.58. The molecule has 3 nitrogen and oxygen atoms in total. The fourth-order valence-corrected chi connectivity index (χ4v) is 2.68. The van der Waals surface area contributed by atoms with E-state index in [4.69, 9.17) is 9.84 Å². The summed E-state index contributed by atoms with van der Waals surface area (Å²) in [4.78, 5) is 0. The molecule has 2 N–H and O–H groups in total.